The van der Waals surface area contributed by atoms with Crippen LogP contribution in [0.4, 0.5) is 5.13 Å². The van der Waals surface area contributed by atoms with Crippen molar-refractivity contribution in [1.29, 1.82) is 0 Å². The van der Waals surface area contributed by atoms with Crippen molar-refractivity contribution in [2.45, 2.75) is 32.6 Å². The maximum atomic E-state index is 12.5. The summed E-state index contributed by atoms with van der Waals surface area (Å²) in [6.07, 6.45) is 4.32. The highest BCUT2D eigenvalue weighted by Gasteiger charge is 2.57. The lowest BCUT2D eigenvalue weighted by Gasteiger charge is -2.22. The molecule has 4 nitrogen and oxygen atoms in total. The lowest BCUT2D eigenvalue weighted by atomic mass is 9.92. The molecule has 1 unspecified atom stereocenters. The number of carbonyl (C=O) groups is 1. The number of carbonyl (C=O) groups excluding carboxylic acids is 1. The van der Waals surface area contributed by atoms with Gasteiger partial charge in [-0.1, -0.05) is 31.2 Å². The first kappa shape index (κ1) is 18.4. The van der Waals surface area contributed by atoms with Crippen LogP contribution in [0.5, 0.6) is 0 Å². The molecule has 25 heavy (non-hydrogen) atoms. The van der Waals surface area contributed by atoms with Crippen LogP contribution in [0.3, 0.4) is 0 Å². The molecule has 4 rings (SSSR count). The van der Waals surface area contributed by atoms with Crippen molar-refractivity contribution in [2.24, 2.45) is 11.3 Å². The van der Waals surface area contributed by atoms with Crippen molar-refractivity contribution in [2.75, 3.05) is 18.4 Å². The Morgan fingerprint density at radius 2 is 2.04 bits per heavy atom. The Labute approximate surface area is 158 Å². The molecule has 1 saturated carbocycles. The Morgan fingerprint density at radius 3 is 2.72 bits per heavy atom. The molecular weight excluding hydrogens is 354 g/mol. The Kier molecular flexibility index (Phi) is 5.46. The average molecular weight is 378 g/mol. The van der Waals surface area contributed by atoms with Gasteiger partial charge in [0.25, 0.3) is 0 Å². The second kappa shape index (κ2) is 7.44. The zero-order valence-corrected chi connectivity index (χ0v) is 16.0. The minimum absolute atomic E-state index is 0. The zero-order chi connectivity index (χ0) is 16.6. The number of aromatic nitrogens is 1. The molecule has 2 aliphatic rings. The van der Waals surface area contributed by atoms with Crippen LogP contribution >= 0.6 is 23.7 Å². The minimum Gasteiger partial charge on any atom is -0.317 e. The van der Waals surface area contributed by atoms with Gasteiger partial charge in [0.2, 0.25) is 5.91 Å². The molecule has 2 fully saturated rings. The van der Waals surface area contributed by atoms with E-state index in [9.17, 15) is 4.79 Å². The largest absolute Gasteiger partial charge is 0.317 e. The fourth-order valence-electron chi connectivity index (χ4n) is 3.76. The molecule has 2 heterocycles. The third-order valence-electron chi connectivity index (χ3n) is 5.50. The molecule has 6 heteroatoms. The average Bonchev–Trinajstić information content (AvgIpc) is 3.11. The van der Waals surface area contributed by atoms with Gasteiger partial charge in [-0.3, -0.25) is 4.79 Å². The van der Waals surface area contributed by atoms with Gasteiger partial charge in [0, 0.05) is 16.9 Å². The number of aryl methyl sites for hydroxylation is 1. The van der Waals surface area contributed by atoms with Crippen LogP contribution in [0.25, 0.3) is 11.3 Å². The molecule has 1 aromatic carbocycles. The molecule has 1 atom stereocenters. The first-order valence-corrected chi connectivity index (χ1v) is 9.64. The van der Waals surface area contributed by atoms with E-state index in [-0.39, 0.29) is 29.6 Å². The van der Waals surface area contributed by atoms with Gasteiger partial charge in [-0.15, -0.1) is 23.7 Å². The van der Waals surface area contributed by atoms with Gasteiger partial charge in [0.15, 0.2) is 5.13 Å². The summed E-state index contributed by atoms with van der Waals surface area (Å²) in [7, 11) is 0. The number of halogens is 1. The smallest absolute Gasteiger partial charge is 0.229 e. The molecule has 134 valence electrons. The van der Waals surface area contributed by atoms with Crippen LogP contribution in [0.15, 0.2) is 29.6 Å². The quantitative estimate of drug-likeness (QED) is 0.842. The molecule has 2 aromatic rings. The fourth-order valence-corrected chi connectivity index (χ4v) is 4.49. The van der Waals surface area contributed by atoms with E-state index in [4.69, 9.17) is 0 Å². The van der Waals surface area contributed by atoms with E-state index in [0.717, 1.165) is 50.0 Å². The van der Waals surface area contributed by atoms with Crippen molar-refractivity contribution in [3.63, 3.8) is 0 Å². The molecule has 1 amide bonds. The Balaban J connectivity index is 0.00000182. The van der Waals surface area contributed by atoms with E-state index in [2.05, 4.69) is 46.8 Å². The third-order valence-corrected chi connectivity index (χ3v) is 6.26. The topological polar surface area (TPSA) is 54.0 Å². The van der Waals surface area contributed by atoms with E-state index >= 15 is 0 Å². The van der Waals surface area contributed by atoms with Gasteiger partial charge in [-0.25, -0.2) is 4.98 Å². The summed E-state index contributed by atoms with van der Waals surface area (Å²) in [4.78, 5) is 17.1. The number of rotatable bonds is 4. The van der Waals surface area contributed by atoms with Crippen LogP contribution in [-0.2, 0) is 11.2 Å². The maximum absolute atomic E-state index is 12.5. The normalized spacial score (nSPS) is 20.8. The molecule has 1 aliphatic carbocycles. The number of thiazole rings is 1. The summed E-state index contributed by atoms with van der Waals surface area (Å²) < 4.78 is 0. The summed E-state index contributed by atoms with van der Waals surface area (Å²) in [5.41, 5.74) is 3.63. The van der Waals surface area contributed by atoms with Crippen LogP contribution in [0.2, 0.25) is 0 Å². The predicted molar refractivity (Wildman–Crippen MR) is 105 cm³/mol. The highest BCUT2D eigenvalue weighted by atomic mass is 35.5. The maximum Gasteiger partial charge on any atom is 0.229 e. The molecule has 1 aromatic heterocycles. The van der Waals surface area contributed by atoms with Gasteiger partial charge < -0.3 is 10.6 Å². The molecule has 1 spiro atoms. The second-order valence-electron chi connectivity index (χ2n) is 6.95. The van der Waals surface area contributed by atoms with E-state index in [1.54, 1.807) is 0 Å². The van der Waals surface area contributed by atoms with Gasteiger partial charge in [0.05, 0.1) is 5.69 Å². The lowest BCUT2D eigenvalue weighted by Crippen LogP contribution is -2.31. The van der Waals surface area contributed by atoms with Crippen molar-refractivity contribution in [3.8, 4) is 11.3 Å². The lowest BCUT2D eigenvalue weighted by molar-refractivity contribution is -0.118. The molecule has 2 N–H and O–H groups in total. The number of nitrogens with one attached hydrogen (secondary N) is 2. The zero-order valence-electron chi connectivity index (χ0n) is 14.4. The highest BCUT2D eigenvalue weighted by molar-refractivity contribution is 7.14. The number of piperidine rings is 1. The van der Waals surface area contributed by atoms with Crippen LogP contribution in [0.1, 0.15) is 31.7 Å². The number of hydrogen-bond donors (Lipinski definition) is 2. The van der Waals surface area contributed by atoms with E-state index < -0.39 is 0 Å². The van der Waals surface area contributed by atoms with Gasteiger partial charge in [-0.2, -0.15) is 0 Å². The molecule has 1 aliphatic heterocycles. The second-order valence-corrected chi connectivity index (χ2v) is 7.80. The summed E-state index contributed by atoms with van der Waals surface area (Å²) in [6, 6.07) is 8.48. The van der Waals surface area contributed by atoms with E-state index in [1.807, 2.05) is 5.38 Å². The van der Waals surface area contributed by atoms with Crippen LogP contribution in [-0.4, -0.2) is 24.0 Å². The molecule has 0 bridgehead atoms. The van der Waals surface area contributed by atoms with Crippen molar-refractivity contribution in [1.82, 2.24) is 10.3 Å². The highest BCUT2D eigenvalue weighted by Crippen LogP contribution is 2.58. The summed E-state index contributed by atoms with van der Waals surface area (Å²) in [6.45, 7) is 4.23. The van der Waals surface area contributed by atoms with Crippen molar-refractivity contribution >= 4 is 34.8 Å². The van der Waals surface area contributed by atoms with Crippen LogP contribution < -0.4 is 10.6 Å². The Morgan fingerprint density at radius 1 is 1.32 bits per heavy atom. The number of anilines is 1. The summed E-state index contributed by atoms with van der Waals surface area (Å²) in [5, 5.41) is 9.14. The fraction of sp³-hybridized carbons (Fsp3) is 0.474. The monoisotopic (exact) mass is 377 g/mol. The molecular formula is C19H24ClN3OS. The predicted octanol–water partition coefficient (Wildman–Crippen LogP) is 4.12. The standard InChI is InChI=1S/C19H23N3OS.ClH/c1-2-13-3-5-14(6-4-13)16-12-24-18(21-16)22-17(23)15-11-19(15)7-9-20-10-8-19;/h3-6,12,15,20H,2,7-11H2,1H3,(H,21,22,23);1H. The molecule has 1 saturated heterocycles. The minimum atomic E-state index is 0. The van der Waals surface area contributed by atoms with Crippen molar-refractivity contribution in [3.05, 3.63) is 35.2 Å². The molecule has 0 radical (unpaired) electrons. The summed E-state index contributed by atoms with van der Waals surface area (Å²) in [5.74, 6) is 0.329. The van der Waals surface area contributed by atoms with Crippen molar-refractivity contribution < 1.29 is 4.79 Å². The Hall–Kier alpha value is -1.43. The number of amides is 1. The van der Waals surface area contributed by atoms with Gasteiger partial charge in [0.1, 0.15) is 0 Å². The van der Waals surface area contributed by atoms with Gasteiger partial charge >= 0.3 is 0 Å². The van der Waals surface area contributed by atoms with E-state index in [1.165, 1.54) is 16.9 Å². The first-order chi connectivity index (χ1) is 11.7. The van der Waals surface area contributed by atoms with Crippen LogP contribution in [0, 0.1) is 11.3 Å². The van der Waals surface area contributed by atoms with Gasteiger partial charge in [-0.05, 0) is 49.8 Å². The SMILES string of the molecule is CCc1ccc(-c2csc(NC(=O)C3CC34CCNCC4)n2)cc1.Cl. The Bertz CT molecular complexity index is 737. The number of hydrogen-bond acceptors (Lipinski definition) is 4. The number of benzene rings is 1. The third kappa shape index (κ3) is 3.73. The van der Waals surface area contributed by atoms with E-state index in [0.29, 0.717) is 5.13 Å². The first-order valence-electron chi connectivity index (χ1n) is 8.77. The summed E-state index contributed by atoms with van der Waals surface area (Å²) >= 11 is 1.51. The number of nitrogens with zero attached hydrogens (tertiary/aromatic N) is 1.